The van der Waals surface area contributed by atoms with Gasteiger partial charge < -0.3 is 14.2 Å². The number of halogens is 2. The fourth-order valence-corrected chi connectivity index (χ4v) is 3.33. The van der Waals surface area contributed by atoms with Crippen molar-refractivity contribution < 1.29 is 9.32 Å². The third kappa shape index (κ3) is 3.30. The molecule has 3 rings (SSSR count). The monoisotopic (exact) mass is 355 g/mol. The summed E-state index contributed by atoms with van der Waals surface area (Å²) in [6.07, 6.45) is 0. The molecule has 0 spiro atoms. The number of nitrogens with one attached hydrogen (secondary N) is 1. The maximum absolute atomic E-state index is 6.23. The smallest absolute Gasteiger partial charge is 0.162 e. The Morgan fingerprint density at radius 3 is 2.59 bits per heavy atom. The number of likely N-dealkylation sites (N-methyl/N-ethyl adjacent to an activating group) is 1. The normalized spacial score (nSPS) is 16.0. The van der Waals surface area contributed by atoms with Crippen LogP contribution < -0.4 is 4.90 Å². The first-order valence-electron chi connectivity index (χ1n) is 7.20. The van der Waals surface area contributed by atoms with E-state index in [2.05, 4.69) is 11.9 Å². The van der Waals surface area contributed by atoms with Crippen molar-refractivity contribution in [3.8, 4) is 11.3 Å². The second-order valence-corrected chi connectivity index (χ2v) is 6.77. The lowest BCUT2D eigenvalue weighted by Crippen LogP contribution is -3.12. The van der Waals surface area contributed by atoms with Crippen LogP contribution in [0.3, 0.4) is 0 Å². The summed E-state index contributed by atoms with van der Waals surface area (Å²) in [5.74, 6) is 1.43. The van der Waals surface area contributed by atoms with Gasteiger partial charge in [-0.15, -0.1) is 0 Å². The molecule has 1 fully saturated rings. The van der Waals surface area contributed by atoms with E-state index in [4.69, 9.17) is 39.8 Å². The zero-order valence-corrected chi connectivity index (χ0v) is 14.6. The lowest BCUT2D eigenvalue weighted by Gasteiger charge is -2.31. The number of quaternary nitrogens is 1. The molecule has 22 heavy (non-hydrogen) atoms. The van der Waals surface area contributed by atoms with Crippen molar-refractivity contribution in [1.29, 1.82) is 0 Å². The van der Waals surface area contributed by atoms with Crippen LogP contribution in [0.15, 0.2) is 34.7 Å². The SMILES string of the molecule is C[NH+]1CCN(C(=S)c2ccc(-c3ccc(Cl)cc3Cl)o2)CC1. The Labute approximate surface area is 145 Å². The van der Waals surface area contributed by atoms with Crippen molar-refractivity contribution in [2.75, 3.05) is 33.2 Å². The number of rotatable bonds is 2. The highest BCUT2D eigenvalue weighted by atomic mass is 35.5. The number of nitrogens with zero attached hydrogens (tertiary/aromatic N) is 1. The zero-order chi connectivity index (χ0) is 15.7. The van der Waals surface area contributed by atoms with Gasteiger partial charge in [0.1, 0.15) is 10.7 Å². The molecule has 0 radical (unpaired) electrons. The van der Waals surface area contributed by atoms with Gasteiger partial charge >= 0.3 is 0 Å². The molecule has 0 unspecified atom stereocenters. The van der Waals surface area contributed by atoms with Crippen LogP contribution in [0.2, 0.25) is 10.0 Å². The van der Waals surface area contributed by atoms with Crippen molar-refractivity contribution in [3.63, 3.8) is 0 Å². The van der Waals surface area contributed by atoms with E-state index in [-0.39, 0.29) is 0 Å². The average molecular weight is 356 g/mol. The molecule has 1 aromatic carbocycles. The van der Waals surface area contributed by atoms with Gasteiger partial charge in [0.15, 0.2) is 5.76 Å². The largest absolute Gasteiger partial charge is 0.454 e. The Balaban J connectivity index is 1.80. The molecule has 0 aliphatic carbocycles. The molecule has 2 heterocycles. The number of hydrogen-bond acceptors (Lipinski definition) is 2. The van der Waals surface area contributed by atoms with Crippen LogP contribution in [0.25, 0.3) is 11.3 Å². The van der Waals surface area contributed by atoms with E-state index in [1.54, 1.807) is 12.1 Å². The van der Waals surface area contributed by atoms with Gasteiger partial charge in [0.05, 0.1) is 38.2 Å². The van der Waals surface area contributed by atoms with Gasteiger partial charge in [-0.25, -0.2) is 0 Å². The molecule has 0 atom stereocenters. The summed E-state index contributed by atoms with van der Waals surface area (Å²) in [5, 5.41) is 1.18. The standard InChI is InChI=1S/C16H16Cl2N2OS/c1-19-6-8-20(9-7-19)16(22)15-5-4-14(21-15)12-3-2-11(17)10-13(12)18/h2-5,10H,6-9H2,1H3/p+1. The van der Waals surface area contributed by atoms with Gasteiger partial charge in [-0.05, 0) is 30.3 Å². The molecule has 6 heteroatoms. The predicted molar refractivity (Wildman–Crippen MR) is 94.1 cm³/mol. The van der Waals surface area contributed by atoms with Crippen molar-refractivity contribution in [1.82, 2.24) is 4.90 Å². The van der Waals surface area contributed by atoms with Gasteiger partial charge in [-0.3, -0.25) is 0 Å². The highest BCUT2D eigenvalue weighted by Gasteiger charge is 2.22. The first kappa shape index (κ1) is 15.8. The maximum Gasteiger partial charge on any atom is 0.162 e. The van der Waals surface area contributed by atoms with Crippen molar-refractivity contribution in [2.45, 2.75) is 0 Å². The number of piperazine rings is 1. The number of furan rings is 1. The Bertz CT molecular complexity index is 693. The molecular formula is C16H17Cl2N2OS+. The van der Waals surface area contributed by atoms with Crippen molar-refractivity contribution >= 4 is 40.4 Å². The van der Waals surface area contributed by atoms with E-state index >= 15 is 0 Å². The molecule has 1 aliphatic heterocycles. The van der Waals surface area contributed by atoms with Crippen LogP contribution in [0.1, 0.15) is 5.76 Å². The summed E-state index contributed by atoms with van der Waals surface area (Å²) in [5.41, 5.74) is 0.822. The van der Waals surface area contributed by atoms with Gasteiger partial charge in [0.2, 0.25) is 0 Å². The van der Waals surface area contributed by atoms with Gasteiger partial charge in [-0.2, -0.15) is 0 Å². The molecule has 1 aromatic heterocycles. The molecule has 116 valence electrons. The first-order chi connectivity index (χ1) is 10.5. The van der Waals surface area contributed by atoms with Gasteiger partial charge in [0.25, 0.3) is 0 Å². The van der Waals surface area contributed by atoms with Crippen molar-refractivity contribution in [3.05, 3.63) is 46.1 Å². The van der Waals surface area contributed by atoms with E-state index in [9.17, 15) is 0 Å². The molecule has 0 amide bonds. The highest BCUT2D eigenvalue weighted by Crippen LogP contribution is 2.31. The second kappa shape index (κ2) is 6.59. The van der Waals surface area contributed by atoms with E-state index in [0.29, 0.717) is 15.8 Å². The van der Waals surface area contributed by atoms with Crippen LogP contribution in [0.5, 0.6) is 0 Å². The third-order valence-electron chi connectivity index (χ3n) is 3.92. The van der Waals surface area contributed by atoms with Crippen LogP contribution in [-0.2, 0) is 0 Å². The van der Waals surface area contributed by atoms with Crippen LogP contribution in [-0.4, -0.2) is 43.1 Å². The van der Waals surface area contributed by atoms with Gasteiger partial charge in [-0.1, -0.05) is 35.4 Å². The lowest BCUT2D eigenvalue weighted by molar-refractivity contribution is -0.883. The topological polar surface area (TPSA) is 20.8 Å². The summed E-state index contributed by atoms with van der Waals surface area (Å²) in [6, 6.07) is 9.18. The highest BCUT2D eigenvalue weighted by molar-refractivity contribution is 7.80. The third-order valence-corrected chi connectivity index (χ3v) is 4.92. The summed E-state index contributed by atoms with van der Waals surface area (Å²) in [4.78, 5) is 4.50. The Morgan fingerprint density at radius 2 is 1.91 bits per heavy atom. The summed E-state index contributed by atoms with van der Waals surface area (Å²) < 4.78 is 5.92. The lowest BCUT2D eigenvalue weighted by atomic mass is 10.2. The van der Waals surface area contributed by atoms with E-state index in [1.807, 2.05) is 18.2 Å². The predicted octanol–water partition coefficient (Wildman–Crippen LogP) is 2.76. The number of benzene rings is 1. The summed E-state index contributed by atoms with van der Waals surface area (Å²) >= 11 is 17.7. The van der Waals surface area contributed by atoms with E-state index in [0.717, 1.165) is 42.5 Å². The Kier molecular flexibility index (Phi) is 4.73. The molecule has 2 aromatic rings. The maximum atomic E-state index is 6.23. The molecule has 0 bridgehead atoms. The minimum absolute atomic E-state index is 0.572. The second-order valence-electron chi connectivity index (χ2n) is 5.54. The zero-order valence-electron chi connectivity index (χ0n) is 12.2. The van der Waals surface area contributed by atoms with E-state index in [1.165, 1.54) is 4.90 Å². The molecule has 1 saturated heterocycles. The molecule has 1 N–H and O–H groups in total. The summed E-state index contributed by atoms with van der Waals surface area (Å²) in [7, 11) is 2.20. The first-order valence-corrected chi connectivity index (χ1v) is 8.37. The van der Waals surface area contributed by atoms with Crippen LogP contribution in [0, 0.1) is 0 Å². The van der Waals surface area contributed by atoms with Gasteiger partial charge in [0, 0.05) is 10.6 Å². The molecule has 1 aliphatic rings. The number of thiocarbonyl (C=S) groups is 1. The molecule has 0 saturated carbocycles. The Hall–Kier alpha value is -1.07. The average Bonchev–Trinajstić information content (AvgIpc) is 2.97. The van der Waals surface area contributed by atoms with Crippen LogP contribution in [0.4, 0.5) is 0 Å². The quantitative estimate of drug-likeness (QED) is 0.836. The van der Waals surface area contributed by atoms with Crippen LogP contribution >= 0.6 is 35.4 Å². The fraction of sp³-hybridized carbons (Fsp3) is 0.312. The van der Waals surface area contributed by atoms with E-state index < -0.39 is 0 Å². The fourth-order valence-electron chi connectivity index (χ4n) is 2.53. The Morgan fingerprint density at radius 1 is 1.18 bits per heavy atom. The molecular weight excluding hydrogens is 339 g/mol. The number of hydrogen-bond donors (Lipinski definition) is 1. The minimum atomic E-state index is 0.572. The summed E-state index contributed by atoms with van der Waals surface area (Å²) in [6.45, 7) is 4.11. The minimum Gasteiger partial charge on any atom is -0.454 e. The van der Waals surface area contributed by atoms with Crippen molar-refractivity contribution in [2.24, 2.45) is 0 Å². The molecule has 3 nitrogen and oxygen atoms in total.